The van der Waals surface area contributed by atoms with E-state index in [1.165, 1.54) is 0 Å². The highest BCUT2D eigenvalue weighted by atomic mass is 35.5. The van der Waals surface area contributed by atoms with Gasteiger partial charge in [0.25, 0.3) is 0 Å². The van der Waals surface area contributed by atoms with Crippen molar-refractivity contribution in [1.29, 1.82) is 5.26 Å². The molecule has 0 aliphatic heterocycles. The molecule has 8 nitrogen and oxygen atoms in total. The summed E-state index contributed by atoms with van der Waals surface area (Å²) < 4.78 is 10.6. The Hall–Kier alpha value is -3.25. The molecule has 3 aromatic rings. The predicted molar refractivity (Wildman–Crippen MR) is 134 cm³/mol. The van der Waals surface area contributed by atoms with E-state index in [4.69, 9.17) is 21.1 Å². The predicted octanol–water partition coefficient (Wildman–Crippen LogP) is 4.59. The van der Waals surface area contributed by atoms with Gasteiger partial charge in [0, 0.05) is 30.9 Å². The normalized spacial score (nSPS) is 16.6. The second-order valence-corrected chi connectivity index (χ2v) is 9.25. The number of pyridine rings is 1. The second-order valence-electron chi connectivity index (χ2n) is 8.84. The van der Waals surface area contributed by atoms with Crippen LogP contribution in [0, 0.1) is 11.3 Å². The number of rotatable bonds is 9. The molecule has 1 unspecified atom stereocenters. The number of benzene rings is 1. The molecule has 1 aliphatic carbocycles. The Morgan fingerprint density at radius 3 is 2.80 bits per heavy atom. The fourth-order valence-electron chi connectivity index (χ4n) is 4.44. The third-order valence-corrected chi connectivity index (χ3v) is 6.79. The highest BCUT2D eigenvalue weighted by Gasteiger charge is 2.35. The number of anilines is 2. The summed E-state index contributed by atoms with van der Waals surface area (Å²) in [7, 11) is 3.20. The lowest BCUT2D eigenvalue weighted by Crippen LogP contribution is -2.23. The molecule has 0 amide bonds. The average molecular weight is 494 g/mol. The van der Waals surface area contributed by atoms with Crippen LogP contribution >= 0.6 is 11.6 Å². The van der Waals surface area contributed by atoms with Gasteiger partial charge in [0.1, 0.15) is 5.69 Å². The molecule has 1 aliphatic rings. The van der Waals surface area contributed by atoms with Crippen molar-refractivity contribution in [3.05, 3.63) is 57.9 Å². The number of fused-ring (bicyclic) bond motifs is 1. The first-order chi connectivity index (χ1) is 16.9. The number of aliphatic hydroxyl groups excluding tert-OH is 1. The molecule has 0 saturated heterocycles. The van der Waals surface area contributed by atoms with Crippen molar-refractivity contribution in [2.24, 2.45) is 0 Å². The molecule has 0 fully saturated rings. The molecule has 0 spiro atoms. The zero-order chi connectivity index (χ0) is 25.0. The molecule has 2 N–H and O–H groups in total. The highest BCUT2D eigenvalue weighted by molar-refractivity contribution is 6.31. The van der Waals surface area contributed by atoms with Gasteiger partial charge >= 0.3 is 0 Å². The lowest BCUT2D eigenvalue weighted by Gasteiger charge is -2.23. The lowest BCUT2D eigenvalue weighted by molar-refractivity contribution is 0.195. The molecule has 35 heavy (non-hydrogen) atoms. The number of nitrogens with zero attached hydrogens (tertiary/aromatic N) is 4. The quantitative estimate of drug-likeness (QED) is 0.416. The van der Waals surface area contributed by atoms with Crippen molar-refractivity contribution in [3.8, 4) is 23.2 Å². The monoisotopic (exact) mass is 493 g/mol. The van der Waals surface area contributed by atoms with Gasteiger partial charge in [0.15, 0.2) is 0 Å². The van der Waals surface area contributed by atoms with Gasteiger partial charge in [-0.25, -0.2) is 15.0 Å². The van der Waals surface area contributed by atoms with Crippen LogP contribution in [0.2, 0.25) is 5.02 Å². The second kappa shape index (κ2) is 10.6. The molecular formula is C26H28ClN5O3. The van der Waals surface area contributed by atoms with E-state index in [-0.39, 0.29) is 12.0 Å². The Labute approximate surface area is 209 Å². The first kappa shape index (κ1) is 24.9. The van der Waals surface area contributed by atoms with Crippen LogP contribution in [0.4, 0.5) is 11.6 Å². The van der Waals surface area contributed by atoms with Crippen molar-refractivity contribution in [2.75, 3.05) is 32.8 Å². The Morgan fingerprint density at radius 1 is 1.26 bits per heavy atom. The van der Waals surface area contributed by atoms with Crippen molar-refractivity contribution >= 4 is 23.2 Å². The van der Waals surface area contributed by atoms with E-state index >= 15 is 0 Å². The summed E-state index contributed by atoms with van der Waals surface area (Å²) >= 11 is 6.47. The molecule has 0 bridgehead atoms. The summed E-state index contributed by atoms with van der Waals surface area (Å²) in [5.74, 6) is 0.730. The summed E-state index contributed by atoms with van der Waals surface area (Å²) in [5.41, 5.74) is 4.99. The van der Waals surface area contributed by atoms with E-state index in [2.05, 4.69) is 26.3 Å². The third-order valence-electron chi connectivity index (χ3n) is 6.46. The van der Waals surface area contributed by atoms with Crippen molar-refractivity contribution in [2.45, 2.75) is 38.0 Å². The molecule has 0 saturated carbocycles. The van der Waals surface area contributed by atoms with E-state index in [0.29, 0.717) is 46.8 Å². The maximum atomic E-state index is 10.0. The van der Waals surface area contributed by atoms with Crippen LogP contribution in [0.5, 0.6) is 5.88 Å². The maximum absolute atomic E-state index is 10.0. The van der Waals surface area contributed by atoms with E-state index in [0.717, 1.165) is 41.6 Å². The SMILES string of the molecule is COCCCc1nc(OC)c(Nc2nccc(-c3cc(C#N)c4c(c3)C(C)(CO)CC4)n2)cc1Cl. The number of methoxy groups -OCH3 is 2. The smallest absolute Gasteiger partial charge is 0.237 e. The largest absolute Gasteiger partial charge is 0.480 e. The van der Waals surface area contributed by atoms with E-state index < -0.39 is 0 Å². The fraction of sp³-hybridized carbons (Fsp3) is 0.385. The highest BCUT2D eigenvalue weighted by Crippen LogP contribution is 2.42. The number of nitrogens with one attached hydrogen (secondary N) is 1. The van der Waals surface area contributed by atoms with Crippen LogP contribution in [0.25, 0.3) is 11.3 Å². The summed E-state index contributed by atoms with van der Waals surface area (Å²) in [6.07, 6.45) is 4.70. The molecule has 2 aromatic heterocycles. The molecule has 182 valence electrons. The van der Waals surface area contributed by atoms with Gasteiger partial charge in [0.05, 0.1) is 41.8 Å². The summed E-state index contributed by atoms with van der Waals surface area (Å²) in [4.78, 5) is 13.5. The van der Waals surface area contributed by atoms with Gasteiger partial charge in [-0.15, -0.1) is 0 Å². The van der Waals surface area contributed by atoms with E-state index in [1.807, 2.05) is 19.1 Å². The number of nitriles is 1. The first-order valence-corrected chi connectivity index (χ1v) is 11.8. The van der Waals surface area contributed by atoms with Crippen LogP contribution in [0.3, 0.4) is 0 Å². The maximum Gasteiger partial charge on any atom is 0.237 e. The number of ether oxygens (including phenoxy) is 2. The molecule has 4 rings (SSSR count). The third kappa shape index (κ3) is 5.08. The van der Waals surface area contributed by atoms with Crippen molar-refractivity contribution < 1.29 is 14.6 Å². The zero-order valence-electron chi connectivity index (χ0n) is 20.1. The molecule has 2 heterocycles. The summed E-state index contributed by atoms with van der Waals surface area (Å²) in [6.45, 7) is 2.67. The van der Waals surface area contributed by atoms with Gasteiger partial charge in [0.2, 0.25) is 11.8 Å². The molecule has 0 radical (unpaired) electrons. The Bertz CT molecular complexity index is 1280. The number of aromatic nitrogens is 3. The van der Waals surface area contributed by atoms with E-state index in [1.54, 1.807) is 32.5 Å². The zero-order valence-corrected chi connectivity index (χ0v) is 20.8. The minimum Gasteiger partial charge on any atom is -0.480 e. The number of hydrogen-bond donors (Lipinski definition) is 2. The van der Waals surface area contributed by atoms with Gasteiger partial charge in [-0.3, -0.25) is 0 Å². The fourth-order valence-corrected chi connectivity index (χ4v) is 4.69. The average Bonchev–Trinajstić information content (AvgIpc) is 3.22. The molecule has 1 aromatic carbocycles. The Kier molecular flexibility index (Phi) is 7.51. The van der Waals surface area contributed by atoms with Crippen LogP contribution < -0.4 is 10.1 Å². The molecule has 1 atom stereocenters. The summed E-state index contributed by atoms with van der Waals surface area (Å²) in [6, 6.07) is 9.73. The van der Waals surface area contributed by atoms with Gasteiger partial charge in [-0.2, -0.15) is 5.26 Å². The first-order valence-electron chi connectivity index (χ1n) is 11.4. The van der Waals surface area contributed by atoms with Gasteiger partial charge in [-0.05, 0) is 61.1 Å². The number of halogens is 1. The van der Waals surface area contributed by atoms with Crippen LogP contribution in [0.15, 0.2) is 30.5 Å². The summed E-state index contributed by atoms with van der Waals surface area (Å²) in [5, 5.41) is 23.4. The lowest BCUT2D eigenvalue weighted by atomic mass is 9.83. The molecular weight excluding hydrogens is 466 g/mol. The van der Waals surface area contributed by atoms with Crippen molar-refractivity contribution in [1.82, 2.24) is 15.0 Å². The molecule has 9 heteroatoms. The minimum absolute atomic E-state index is 0.0277. The standard InChI is InChI=1S/C26H28ClN5O3/c1-26(15-33)8-6-18-17(14-28)11-16(12-19(18)26)21-7-9-29-25(31-21)32-23-13-20(27)22(5-4-10-34-2)30-24(23)35-3/h7,9,11-13,33H,4-6,8,10,15H2,1-3H3,(H,29,31,32). The topological polar surface area (TPSA) is 113 Å². The van der Waals surface area contributed by atoms with Gasteiger partial charge < -0.3 is 19.9 Å². The number of hydrogen-bond acceptors (Lipinski definition) is 8. The Balaban J connectivity index is 1.66. The number of aryl methyl sites for hydroxylation is 1. The van der Waals surface area contributed by atoms with Gasteiger partial charge in [-0.1, -0.05) is 18.5 Å². The van der Waals surface area contributed by atoms with E-state index in [9.17, 15) is 10.4 Å². The van der Waals surface area contributed by atoms with Crippen LogP contribution in [0.1, 0.15) is 42.1 Å². The van der Waals surface area contributed by atoms with Crippen LogP contribution in [-0.2, 0) is 23.0 Å². The van der Waals surface area contributed by atoms with Crippen LogP contribution in [-0.4, -0.2) is 47.5 Å². The number of aliphatic hydroxyl groups is 1. The Morgan fingerprint density at radius 2 is 2.09 bits per heavy atom. The minimum atomic E-state index is -0.369. The van der Waals surface area contributed by atoms with Crippen molar-refractivity contribution in [3.63, 3.8) is 0 Å².